The molecule has 1 aliphatic heterocycles. The predicted octanol–water partition coefficient (Wildman–Crippen LogP) is 3.13. The van der Waals surface area contributed by atoms with Crippen molar-refractivity contribution in [3.05, 3.63) is 48.5 Å². The first-order valence-electron chi connectivity index (χ1n) is 10.8. The molecule has 0 spiro atoms. The van der Waals surface area contributed by atoms with Gasteiger partial charge < -0.3 is 14.9 Å². The van der Waals surface area contributed by atoms with Crippen LogP contribution in [0.25, 0.3) is 11.2 Å². The number of rotatable bonds is 7. The summed E-state index contributed by atoms with van der Waals surface area (Å²) in [7, 11) is 0.607. The van der Waals surface area contributed by atoms with Crippen LogP contribution in [0.1, 0.15) is 40.2 Å². The summed E-state index contributed by atoms with van der Waals surface area (Å²) in [4.78, 5) is 13.1. The van der Waals surface area contributed by atoms with Gasteiger partial charge in [-0.25, -0.2) is 15.0 Å². The minimum Gasteiger partial charge on any atom is -0.423 e. The zero-order valence-electron chi connectivity index (χ0n) is 19.8. The number of thioether (sulfide) groups is 1. The Balaban J connectivity index is 1.78. The Bertz CT molecular complexity index is 1100. The summed E-state index contributed by atoms with van der Waals surface area (Å²) in [5.41, 5.74) is 7.18. The molecule has 1 aliphatic rings. The SMILES string of the molecule is CC(C)(C)[C@]1(C)O[C@](CO[SiH3])(n2cnc3c(N)ncnc32)[C@]1(C)CSCc1ccccc1. The Morgan fingerprint density at radius 3 is 2.53 bits per heavy atom. The van der Waals surface area contributed by atoms with E-state index in [4.69, 9.17) is 14.9 Å². The third-order valence-corrected chi connectivity index (χ3v) is 8.92. The Morgan fingerprint density at radius 1 is 1.16 bits per heavy atom. The van der Waals surface area contributed by atoms with Crippen molar-refractivity contribution in [3.8, 4) is 0 Å². The van der Waals surface area contributed by atoms with Gasteiger partial charge in [0.25, 0.3) is 0 Å². The summed E-state index contributed by atoms with van der Waals surface area (Å²) >= 11 is 1.93. The monoisotopic (exact) mass is 471 g/mol. The van der Waals surface area contributed by atoms with E-state index < -0.39 is 5.72 Å². The summed E-state index contributed by atoms with van der Waals surface area (Å²) in [6, 6.07) is 10.6. The number of benzene rings is 1. The Kier molecular flexibility index (Phi) is 5.90. The second-order valence-corrected chi connectivity index (χ2v) is 11.5. The molecule has 172 valence electrons. The van der Waals surface area contributed by atoms with Crippen LogP contribution >= 0.6 is 11.8 Å². The molecular formula is C23H33N5O2SSi. The Labute approximate surface area is 197 Å². The highest BCUT2D eigenvalue weighted by molar-refractivity contribution is 7.98. The van der Waals surface area contributed by atoms with E-state index >= 15 is 0 Å². The molecule has 0 bridgehead atoms. The van der Waals surface area contributed by atoms with Crippen molar-refractivity contribution >= 4 is 39.2 Å². The van der Waals surface area contributed by atoms with E-state index in [2.05, 4.69) is 79.9 Å². The van der Waals surface area contributed by atoms with Crippen molar-refractivity contribution in [2.24, 2.45) is 10.8 Å². The predicted molar refractivity (Wildman–Crippen MR) is 133 cm³/mol. The van der Waals surface area contributed by atoms with Gasteiger partial charge in [0, 0.05) is 11.5 Å². The van der Waals surface area contributed by atoms with E-state index in [1.165, 1.54) is 11.9 Å². The first-order chi connectivity index (χ1) is 15.1. The summed E-state index contributed by atoms with van der Waals surface area (Å²) in [5, 5.41) is 0. The zero-order chi connectivity index (χ0) is 23.2. The standard InChI is InChI=1S/C23H33N5O2SSi/c1-20(2,3)22(5)21(4,13-31-11-16-9-7-6-8-10-16)23(30-22,12-29-32)28-15-27-17-18(24)25-14-26-19(17)28/h6-10,14-15H,11-13H2,1-5,32H3,(H2,24,25,26)/t21-,22+,23+/m1/s1. The van der Waals surface area contributed by atoms with E-state index in [1.807, 2.05) is 16.3 Å². The minimum absolute atomic E-state index is 0.0892. The molecule has 9 heteroatoms. The van der Waals surface area contributed by atoms with Gasteiger partial charge in [0.1, 0.15) is 22.3 Å². The van der Waals surface area contributed by atoms with Crippen LogP contribution in [0.3, 0.4) is 0 Å². The molecule has 0 saturated carbocycles. The molecule has 2 N–H and O–H groups in total. The molecule has 7 nitrogen and oxygen atoms in total. The maximum absolute atomic E-state index is 6.94. The van der Waals surface area contributed by atoms with Crippen molar-refractivity contribution in [1.82, 2.24) is 19.5 Å². The maximum atomic E-state index is 6.94. The lowest BCUT2D eigenvalue weighted by Crippen LogP contribution is -2.80. The summed E-state index contributed by atoms with van der Waals surface area (Å²) in [6.07, 6.45) is 3.26. The van der Waals surface area contributed by atoms with Gasteiger partial charge in [0.15, 0.2) is 17.2 Å². The van der Waals surface area contributed by atoms with Gasteiger partial charge in [0.2, 0.25) is 0 Å². The molecule has 1 fully saturated rings. The molecule has 1 saturated heterocycles. The summed E-state index contributed by atoms with van der Waals surface area (Å²) in [5.74, 6) is 2.20. The molecule has 32 heavy (non-hydrogen) atoms. The number of ether oxygens (including phenoxy) is 1. The molecule has 0 amide bonds. The van der Waals surface area contributed by atoms with Gasteiger partial charge in [-0.1, -0.05) is 58.0 Å². The number of nitrogens with zero attached hydrogens (tertiary/aromatic N) is 4. The van der Waals surface area contributed by atoms with E-state index in [-0.39, 0.29) is 16.4 Å². The molecule has 4 rings (SSSR count). The van der Waals surface area contributed by atoms with E-state index in [0.717, 1.165) is 11.5 Å². The number of nitrogens with two attached hydrogens (primary N) is 1. The van der Waals surface area contributed by atoms with Gasteiger partial charge in [-0.2, -0.15) is 11.8 Å². The maximum Gasteiger partial charge on any atom is 0.179 e. The average molecular weight is 472 g/mol. The Morgan fingerprint density at radius 2 is 1.88 bits per heavy atom. The van der Waals surface area contributed by atoms with Gasteiger partial charge in [0.05, 0.1) is 24.0 Å². The van der Waals surface area contributed by atoms with Crippen molar-refractivity contribution in [3.63, 3.8) is 0 Å². The van der Waals surface area contributed by atoms with E-state index in [9.17, 15) is 0 Å². The summed E-state index contributed by atoms with van der Waals surface area (Å²) < 4.78 is 14.9. The van der Waals surface area contributed by atoms with Crippen LogP contribution in [0.2, 0.25) is 0 Å². The third kappa shape index (κ3) is 3.29. The zero-order valence-corrected chi connectivity index (χ0v) is 22.6. The largest absolute Gasteiger partial charge is 0.423 e. The van der Waals surface area contributed by atoms with Crippen LogP contribution in [0, 0.1) is 10.8 Å². The smallest absolute Gasteiger partial charge is 0.179 e. The van der Waals surface area contributed by atoms with Crippen molar-refractivity contribution in [1.29, 1.82) is 0 Å². The second kappa shape index (κ2) is 8.13. The van der Waals surface area contributed by atoms with E-state index in [0.29, 0.717) is 34.1 Å². The Hall–Kier alpha value is -1.94. The van der Waals surface area contributed by atoms with Crippen molar-refractivity contribution in [2.75, 3.05) is 18.1 Å². The third-order valence-electron chi connectivity index (χ3n) is 7.31. The minimum atomic E-state index is -0.740. The lowest BCUT2D eigenvalue weighted by Gasteiger charge is -2.72. The van der Waals surface area contributed by atoms with Gasteiger partial charge in [-0.15, -0.1) is 0 Å². The molecular weight excluding hydrogens is 438 g/mol. The average Bonchev–Trinajstić information content (AvgIpc) is 3.19. The fraction of sp³-hybridized carbons (Fsp3) is 0.522. The normalized spacial score (nSPS) is 28.2. The number of hydrogen-bond acceptors (Lipinski definition) is 7. The number of anilines is 1. The molecule has 0 unspecified atom stereocenters. The topological polar surface area (TPSA) is 88.1 Å². The molecule has 2 aromatic heterocycles. The molecule has 3 heterocycles. The van der Waals surface area contributed by atoms with Gasteiger partial charge in [-0.05, 0) is 17.9 Å². The van der Waals surface area contributed by atoms with Crippen molar-refractivity contribution in [2.45, 2.75) is 51.7 Å². The van der Waals surface area contributed by atoms with Gasteiger partial charge >= 0.3 is 0 Å². The number of aromatic nitrogens is 4. The van der Waals surface area contributed by atoms with Crippen LogP contribution in [0.15, 0.2) is 43.0 Å². The first kappa shape index (κ1) is 23.2. The highest BCUT2D eigenvalue weighted by Crippen LogP contribution is 2.67. The van der Waals surface area contributed by atoms with Crippen molar-refractivity contribution < 1.29 is 9.16 Å². The van der Waals surface area contributed by atoms with Crippen LogP contribution in [-0.4, -0.2) is 48.0 Å². The van der Waals surface area contributed by atoms with Crippen LogP contribution in [0.4, 0.5) is 5.82 Å². The molecule has 1 aromatic carbocycles. The number of nitrogen functional groups attached to an aromatic ring is 1. The number of hydrogen-bond donors (Lipinski definition) is 1. The van der Waals surface area contributed by atoms with Crippen LogP contribution < -0.4 is 5.73 Å². The quantitative estimate of drug-likeness (QED) is 0.530. The lowest BCUT2D eigenvalue weighted by molar-refractivity contribution is -0.433. The highest BCUT2D eigenvalue weighted by atomic mass is 32.2. The first-order valence-corrected chi connectivity index (χ1v) is 12.8. The molecule has 0 radical (unpaired) electrons. The van der Waals surface area contributed by atoms with Crippen LogP contribution in [-0.2, 0) is 20.6 Å². The lowest BCUT2D eigenvalue weighted by atomic mass is 9.53. The van der Waals surface area contributed by atoms with Crippen LogP contribution in [0.5, 0.6) is 0 Å². The molecule has 0 aliphatic carbocycles. The fourth-order valence-corrected chi connectivity index (χ4v) is 6.78. The highest BCUT2D eigenvalue weighted by Gasteiger charge is 2.75. The van der Waals surface area contributed by atoms with Gasteiger partial charge in [-0.3, -0.25) is 4.57 Å². The summed E-state index contributed by atoms with van der Waals surface area (Å²) in [6.45, 7) is 11.7. The molecule has 3 aromatic rings. The number of imidazole rings is 1. The number of fused-ring (bicyclic) bond motifs is 1. The fourth-order valence-electron chi connectivity index (χ4n) is 4.95. The molecule has 3 atom stereocenters. The second-order valence-electron chi connectivity index (χ2n) is 9.96. The van der Waals surface area contributed by atoms with E-state index in [1.54, 1.807) is 6.33 Å².